The van der Waals surface area contributed by atoms with E-state index in [-0.39, 0.29) is 18.8 Å². The molecule has 1 rings (SSSR count). The van der Waals surface area contributed by atoms with Gasteiger partial charge < -0.3 is 19.9 Å². The molecule has 0 fully saturated rings. The number of hydrogen-bond donors (Lipinski definition) is 1. The maximum absolute atomic E-state index is 12.4. The quantitative estimate of drug-likeness (QED) is 0.0454. The van der Waals surface area contributed by atoms with Gasteiger partial charge in [0.25, 0.3) is 0 Å². The van der Waals surface area contributed by atoms with E-state index in [4.69, 9.17) is 19.9 Å². The topological polar surface area (TPSA) is 105 Å². The van der Waals surface area contributed by atoms with Crippen molar-refractivity contribution in [1.29, 1.82) is 0 Å². The molecule has 0 heterocycles. The number of carbonyl (C=O) groups is 3. The van der Waals surface area contributed by atoms with Crippen molar-refractivity contribution in [3.63, 3.8) is 0 Å². The number of hydrogen-bond acceptors (Lipinski definition) is 7. The molecule has 0 unspecified atom stereocenters. The standard InChI is InChI=1S/C37H63NO6/c1-5-6-7-17-21-24-35(39)43-33-27-26-31(29-34(33)42-4)28-32(38)37(41)44-36(40)25-22-19-16-14-12-10-8-9-11-13-15-18-20-23-30(2)3/h26-27,29-30,32H,5-25,28,38H2,1-4H3/t32-/m0/s1. The van der Waals surface area contributed by atoms with Crippen molar-refractivity contribution in [3.05, 3.63) is 23.8 Å². The van der Waals surface area contributed by atoms with E-state index in [1.807, 2.05) is 0 Å². The van der Waals surface area contributed by atoms with E-state index in [9.17, 15) is 14.4 Å². The summed E-state index contributed by atoms with van der Waals surface area (Å²) < 4.78 is 15.9. The predicted molar refractivity (Wildman–Crippen MR) is 179 cm³/mol. The Hall–Kier alpha value is -2.41. The van der Waals surface area contributed by atoms with E-state index >= 15 is 0 Å². The minimum Gasteiger partial charge on any atom is -0.493 e. The number of carbonyl (C=O) groups excluding carboxylic acids is 3. The molecule has 1 aromatic carbocycles. The zero-order chi connectivity index (χ0) is 32.4. The highest BCUT2D eigenvalue weighted by Gasteiger charge is 2.20. The molecular weight excluding hydrogens is 554 g/mol. The van der Waals surface area contributed by atoms with Crippen LogP contribution in [0.5, 0.6) is 11.5 Å². The summed E-state index contributed by atoms with van der Waals surface area (Å²) >= 11 is 0. The minimum atomic E-state index is -0.981. The lowest BCUT2D eigenvalue weighted by molar-refractivity contribution is -0.160. The highest BCUT2D eigenvalue weighted by Crippen LogP contribution is 2.29. The molecule has 1 aromatic rings. The summed E-state index contributed by atoms with van der Waals surface area (Å²) in [6.07, 6.45) is 23.4. The van der Waals surface area contributed by atoms with E-state index in [0.717, 1.165) is 50.0 Å². The third-order valence-electron chi connectivity index (χ3n) is 8.07. The van der Waals surface area contributed by atoms with Crippen LogP contribution in [0.3, 0.4) is 0 Å². The van der Waals surface area contributed by atoms with Crippen LogP contribution in [-0.4, -0.2) is 31.1 Å². The molecule has 0 amide bonds. The number of nitrogens with two attached hydrogens (primary N) is 1. The van der Waals surface area contributed by atoms with Gasteiger partial charge in [-0.2, -0.15) is 0 Å². The van der Waals surface area contributed by atoms with E-state index in [1.54, 1.807) is 18.2 Å². The van der Waals surface area contributed by atoms with Crippen LogP contribution in [-0.2, 0) is 25.5 Å². The average molecular weight is 618 g/mol. The molecule has 7 nitrogen and oxygen atoms in total. The second-order valence-corrected chi connectivity index (χ2v) is 12.8. The molecule has 2 N–H and O–H groups in total. The van der Waals surface area contributed by atoms with Crippen molar-refractivity contribution in [2.75, 3.05) is 7.11 Å². The lowest BCUT2D eigenvalue weighted by Gasteiger charge is -2.13. The molecular formula is C37H63NO6. The Labute approximate surface area is 268 Å². The minimum absolute atomic E-state index is 0.173. The van der Waals surface area contributed by atoms with Crippen molar-refractivity contribution in [2.45, 2.75) is 168 Å². The van der Waals surface area contributed by atoms with Crippen LogP contribution in [0, 0.1) is 5.92 Å². The Morgan fingerprint density at radius 3 is 1.70 bits per heavy atom. The Bertz CT molecular complexity index is 915. The molecule has 0 bridgehead atoms. The largest absolute Gasteiger partial charge is 0.493 e. The fraction of sp³-hybridized carbons (Fsp3) is 0.757. The summed E-state index contributed by atoms with van der Waals surface area (Å²) in [6.45, 7) is 6.76. The Morgan fingerprint density at radius 2 is 1.18 bits per heavy atom. The fourth-order valence-electron chi connectivity index (χ4n) is 5.31. The molecule has 44 heavy (non-hydrogen) atoms. The molecule has 1 atom stereocenters. The molecule has 7 heteroatoms. The lowest BCUT2D eigenvalue weighted by atomic mass is 10.0. The van der Waals surface area contributed by atoms with Crippen LogP contribution < -0.4 is 15.2 Å². The van der Waals surface area contributed by atoms with Gasteiger partial charge in [0.05, 0.1) is 7.11 Å². The van der Waals surface area contributed by atoms with Crippen LogP contribution in [0.2, 0.25) is 0 Å². The van der Waals surface area contributed by atoms with Gasteiger partial charge >= 0.3 is 17.9 Å². The molecule has 0 aliphatic rings. The van der Waals surface area contributed by atoms with Crippen molar-refractivity contribution in [3.8, 4) is 11.5 Å². The first-order valence-electron chi connectivity index (χ1n) is 17.6. The number of ether oxygens (including phenoxy) is 3. The Morgan fingerprint density at radius 1 is 0.682 bits per heavy atom. The van der Waals surface area contributed by atoms with Crippen LogP contribution in [0.4, 0.5) is 0 Å². The first kappa shape index (κ1) is 39.6. The second-order valence-electron chi connectivity index (χ2n) is 12.8. The van der Waals surface area contributed by atoms with E-state index < -0.39 is 18.0 Å². The molecule has 252 valence electrons. The van der Waals surface area contributed by atoms with Crippen LogP contribution >= 0.6 is 0 Å². The summed E-state index contributed by atoms with van der Waals surface area (Å²) in [4.78, 5) is 36.8. The number of methoxy groups -OCH3 is 1. The van der Waals surface area contributed by atoms with Gasteiger partial charge in [0, 0.05) is 12.8 Å². The summed E-state index contributed by atoms with van der Waals surface area (Å²) in [5, 5.41) is 0. The molecule has 0 aromatic heterocycles. The van der Waals surface area contributed by atoms with Gasteiger partial charge in [0.15, 0.2) is 11.5 Å². The van der Waals surface area contributed by atoms with Crippen LogP contribution in [0.1, 0.15) is 161 Å². The van der Waals surface area contributed by atoms with Crippen molar-refractivity contribution in [2.24, 2.45) is 11.7 Å². The van der Waals surface area contributed by atoms with Gasteiger partial charge in [-0.05, 0) is 42.9 Å². The number of unbranched alkanes of at least 4 members (excludes halogenated alkanes) is 16. The summed E-state index contributed by atoms with van der Waals surface area (Å²) in [5.41, 5.74) is 6.75. The summed E-state index contributed by atoms with van der Waals surface area (Å²) in [7, 11) is 1.49. The number of esters is 3. The second kappa shape index (κ2) is 25.9. The monoisotopic (exact) mass is 617 g/mol. The highest BCUT2D eigenvalue weighted by atomic mass is 16.6. The number of benzene rings is 1. The third-order valence-corrected chi connectivity index (χ3v) is 8.07. The van der Waals surface area contributed by atoms with Gasteiger partial charge in [-0.3, -0.25) is 9.59 Å². The molecule has 0 aliphatic carbocycles. The van der Waals surface area contributed by atoms with E-state index in [2.05, 4.69) is 20.8 Å². The van der Waals surface area contributed by atoms with Gasteiger partial charge in [-0.15, -0.1) is 0 Å². The summed E-state index contributed by atoms with van der Waals surface area (Å²) in [5.74, 6) is 0.00298. The van der Waals surface area contributed by atoms with Gasteiger partial charge in [-0.25, -0.2) is 4.79 Å². The summed E-state index contributed by atoms with van der Waals surface area (Å²) in [6, 6.07) is 4.08. The van der Waals surface area contributed by atoms with Crippen molar-refractivity contribution < 1.29 is 28.6 Å². The first-order chi connectivity index (χ1) is 21.3. The molecule has 0 aliphatic heterocycles. The maximum atomic E-state index is 12.4. The lowest BCUT2D eigenvalue weighted by Crippen LogP contribution is -2.35. The predicted octanol–water partition coefficient (Wildman–Crippen LogP) is 9.41. The van der Waals surface area contributed by atoms with Gasteiger partial charge in [0.1, 0.15) is 6.04 Å². The van der Waals surface area contributed by atoms with Gasteiger partial charge in [0.2, 0.25) is 0 Å². The third kappa shape index (κ3) is 20.5. The Kier molecular flexibility index (Phi) is 23.3. The smallest absolute Gasteiger partial charge is 0.330 e. The van der Waals surface area contributed by atoms with Gasteiger partial charge in [-0.1, -0.05) is 136 Å². The molecule has 0 saturated heterocycles. The average Bonchev–Trinajstić information content (AvgIpc) is 2.99. The van der Waals surface area contributed by atoms with Crippen LogP contribution in [0.15, 0.2) is 18.2 Å². The van der Waals surface area contributed by atoms with Crippen molar-refractivity contribution >= 4 is 17.9 Å². The number of rotatable bonds is 27. The van der Waals surface area contributed by atoms with E-state index in [0.29, 0.717) is 24.3 Å². The SMILES string of the molecule is CCCCCCCC(=O)Oc1ccc(C[C@H](N)C(=O)OC(=O)CCCCCCCCCCCCCCCC(C)C)cc1OC. The Balaban J connectivity index is 2.17. The maximum Gasteiger partial charge on any atom is 0.330 e. The van der Waals surface area contributed by atoms with Crippen molar-refractivity contribution in [1.82, 2.24) is 0 Å². The molecule has 0 saturated carbocycles. The first-order valence-corrected chi connectivity index (χ1v) is 17.6. The zero-order valence-corrected chi connectivity index (χ0v) is 28.5. The zero-order valence-electron chi connectivity index (χ0n) is 28.5. The van der Waals surface area contributed by atoms with Crippen LogP contribution in [0.25, 0.3) is 0 Å². The normalized spacial score (nSPS) is 11.9. The fourth-order valence-corrected chi connectivity index (χ4v) is 5.31. The molecule has 0 spiro atoms. The highest BCUT2D eigenvalue weighted by molar-refractivity contribution is 5.88. The van der Waals surface area contributed by atoms with E-state index in [1.165, 1.54) is 84.2 Å². The molecule has 0 radical (unpaired) electrons.